The number of rotatable bonds is 5. The molecule has 0 amide bonds. The van der Waals surface area contributed by atoms with Crippen LogP contribution >= 0.6 is 11.6 Å². The number of carbonyl (C=O) groups is 1. The van der Waals surface area contributed by atoms with Gasteiger partial charge in [0.15, 0.2) is 0 Å². The zero-order valence-corrected chi connectivity index (χ0v) is 19.5. The largest absolute Gasteiger partial charge is 0.478 e. The minimum absolute atomic E-state index is 0.148. The first-order valence-corrected chi connectivity index (χ1v) is 11.4. The Morgan fingerprint density at radius 3 is 2.77 bits per heavy atom. The van der Waals surface area contributed by atoms with Crippen LogP contribution in [0.3, 0.4) is 0 Å². The molecule has 0 atom stereocenters. The number of hydrogen-bond acceptors (Lipinski definition) is 6. The molecule has 4 aromatic rings. The van der Waals surface area contributed by atoms with Gasteiger partial charge in [0, 0.05) is 35.1 Å². The van der Waals surface area contributed by atoms with Crippen LogP contribution in [0.1, 0.15) is 34.3 Å². The lowest BCUT2D eigenvalue weighted by atomic mass is 9.92. The van der Waals surface area contributed by atoms with E-state index >= 15 is 0 Å². The number of halogens is 1. The van der Waals surface area contributed by atoms with E-state index < -0.39 is 10.9 Å². The number of aromatic nitrogens is 1. The smallest absolute Gasteiger partial charge is 0.336 e. The van der Waals surface area contributed by atoms with E-state index in [0.29, 0.717) is 52.3 Å². The fourth-order valence-corrected chi connectivity index (χ4v) is 4.63. The number of aromatic carboxylic acids is 1. The maximum atomic E-state index is 12.3. The molecular formula is C26H20ClN3O5. The van der Waals surface area contributed by atoms with Crippen LogP contribution in [-0.4, -0.2) is 39.0 Å². The van der Waals surface area contributed by atoms with E-state index in [1.54, 1.807) is 42.5 Å². The average molecular weight is 490 g/mol. The molecule has 1 aliphatic heterocycles. The highest BCUT2D eigenvalue weighted by Gasteiger charge is 2.28. The van der Waals surface area contributed by atoms with Crippen molar-refractivity contribution in [1.82, 2.24) is 9.88 Å². The van der Waals surface area contributed by atoms with Crippen LogP contribution in [0.2, 0.25) is 5.02 Å². The van der Waals surface area contributed by atoms with Gasteiger partial charge in [-0.15, -0.1) is 0 Å². The topological polar surface area (TPSA) is 110 Å². The van der Waals surface area contributed by atoms with E-state index in [4.69, 9.17) is 21.0 Å². The third-order valence-electron chi connectivity index (χ3n) is 6.10. The van der Waals surface area contributed by atoms with Crippen LogP contribution in [-0.2, 0) is 6.54 Å². The van der Waals surface area contributed by atoms with Gasteiger partial charge in [-0.25, -0.2) is 9.78 Å². The lowest BCUT2D eigenvalue weighted by Gasteiger charge is -2.30. The van der Waals surface area contributed by atoms with Crippen LogP contribution in [0, 0.1) is 10.1 Å². The number of furan rings is 1. The highest BCUT2D eigenvalue weighted by molar-refractivity contribution is 6.30. The van der Waals surface area contributed by atoms with Gasteiger partial charge in [0.2, 0.25) is 0 Å². The third-order valence-corrected chi connectivity index (χ3v) is 6.33. The summed E-state index contributed by atoms with van der Waals surface area (Å²) in [5, 5.41) is 22.4. The SMILES string of the molecule is CCN1CC(=Cc2ccc(-c3ccc(Cl)cc3[N+](=O)[O-])o2)c2nc3ccccc3c(C(=O)O)c2C1. The predicted octanol–water partition coefficient (Wildman–Crippen LogP) is 6.13. The van der Waals surface area contributed by atoms with Gasteiger partial charge in [-0.05, 0) is 48.5 Å². The number of nitro groups is 1. The fraction of sp³-hybridized carbons (Fsp3) is 0.154. The summed E-state index contributed by atoms with van der Waals surface area (Å²) < 4.78 is 5.97. The molecule has 0 fully saturated rings. The molecule has 8 nitrogen and oxygen atoms in total. The number of hydrogen-bond donors (Lipinski definition) is 1. The van der Waals surface area contributed by atoms with Crippen molar-refractivity contribution in [3.63, 3.8) is 0 Å². The molecule has 0 aliphatic carbocycles. The Morgan fingerprint density at radius 2 is 2.03 bits per heavy atom. The summed E-state index contributed by atoms with van der Waals surface area (Å²) in [5.41, 5.74) is 3.14. The number of nitrogens with zero attached hydrogens (tertiary/aromatic N) is 3. The zero-order valence-electron chi connectivity index (χ0n) is 18.7. The summed E-state index contributed by atoms with van der Waals surface area (Å²) in [6.07, 6.45) is 1.82. The highest BCUT2D eigenvalue weighted by Crippen LogP contribution is 2.36. The Morgan fingerprint density at radius 1 is 1.23 bits per heavy atom. The maximum Gasteiger partial charge on any atom is 0.336 e. The number of pyridine rings is 1. The van der Waals surface area contributed by atoms with Gasteiger partial charge in [-0.1, -0.05) is 36.7 Å². The normalized spacial score (nSPS) is 14.9. The van der Waals surface area contributed by atoms with Crippen molar-refractivity contribution in [3.8, 4) is 11.3 Å². The molecule has 1 aliphatic rings. The average Bonchev–Trinajstić information content (AvgIpc) is 3.30. The standard InChI is InChI=1S/C26H20ClN3O5/c1-2-29-13-15(25-20(14-29)24(26(31)32)18-5-3-4-6-21(18)28-25)11-17-8-10-23(35-17)19-9-7-16(27)12-22(19)30(33)34/h3-12H,2,13-14H2,1H3,(H,31,32). The Bertz CT molecular complexity index is 1520. The molecule has 176 valence electrons. The molecular weight excluding hydrogens is 470 g/mol. The molecule has 0 saturated heterocycles. The lowest BCUT2D eigenvalue weighted by Crippen LogP contribution is -2.31. The van der Waals surface area contributed by atoms with Gasteiger partial charge in [-0.3, -0.25) is 15.0 Å². The number of nitro benzene ring substituents is 1. The molecule has 5 rings (SSSR count). The van der Waals surface area contributed by atoms with E-state index in [1.165, 1.54) is 6.07 Å². The third kappa shape index (κ3) is 4.18. The first-order chi connectivity index (χ1) is 16.9. The van der Waals surface area contributed by atoms with Crippen molar-refractivity contribution in [3.05, 3.63) is 92.3 Å². The van der Waals surface area contributed by atoms with Crippen LogP contribution < -0.4 is 0 Å². The quantitative estimate of drug-likeness (QED) is 0.265. The molecule has 2 aromatic heterocycles. The van der Waals surface area contributed by atoms with Crippen LogP contribution in [0.4, 0.5) is 5.69 Å². The van der Waals surface area contributed by atoms with Gasteiger partial charge in [0.1, 0.15) is 11.5 Å². The molecule has 0 bridgehead atoms. The molecule has 0 saturated carbocycles. The maximum absolute atomic E-state index is 12.3. The Hall–Kier alpha value is -4.01. The Labute approximate surface area is 205 Å². The van der Waals surface area contributed by atoms with Crippen molar-refractivity contribution in [2.24, 2.45) is 0 Å². The zero-order chi connectivity index (χ0) is 24.7. The predicted molar refractivity (Wildman–Crippen MR) is 133 cm³/mol. The highest BCUT2D eigenvalue weighted by atomic mass is 35.5. The van der Waals surface area contributed by atoms with Crippen LogP contribution in [0.15, 0.2) is 59.0 Å². The van der Waals surface area contributed by atoms with Crippen molar-refractivity contribution < 1.29 is 19.2 Å². The summed E-state index contributed by atoms with van der Waals surface area (Å²) in [4.78, 5) is 30.2. The van der Waals surface area contributed by atoms with E-state index in [1.807, 2.05) is 19.1 Å². The molecule has 0 unspecified atom stereocenters. The summed E-state index contributed by atoms with van der Waals surface area (Å²) in [6, 6.07) is 15.0. The molecule has 3 heterocycles. The summed E-state index contributed by atoms with van der Waals surface area (Å²) in [5.74, 6) is -0.177. The first-order valence-electron chi connectivity index (χ1n) is 11.0. The van der Waals surface area contributed by atoms with Crippen molar-refractivity contribution in [1.29, 1.82) is 0 Å². The number of fused-ring (bicyclic) bond motifs is 2. The number of para-hydroxylation sites is 1. The molecule has 1 N–H and O–H groups in total. The molecule has 9 heteroatoms. The molecule has 2 aromatic carbocycles. The lowest BCUT2D eigenvalue weighted by molar-refractivity contribution is -0.384. The van der Waals surface area contributed by atoms with Crippen LogP contribution in [0.25, 0.3) is 33.9 Å². The Kier molecular flexibility index (Phi) is 5.84. The van der Waals surface area contributed by atoms with Crippen molar-refractivity contribution in [2.45, 2.75) is 13.5 Å². The second-order valence-corrected chi connectivity index (χ2v) is 8.67. The van der Waals surface area contributed by atoms with E-state index in [-0.39, 0.29) is 16.3 Å². The second kappa shape index (κ2) is 8.98. The van der Waals surface area contributed by atoms with Crippen molar-refractivity contribution in [2.75, 3.05) is 13.1 Å². The van der Waals surface area contributed by atoms with Gasteiger partial charge >= 0.3 is 5.97 Å². The molecule has 0 radical (unpaired) electrons. The monoisotopic (exact) mass is 489 g/mol. The minimum Gasteiger partial charge on any atom is -0.478 e. The van der Waals surface area contributed by atoms with Crippen LogP contribution in [0.5, 0.6) is 0 Å². The van der Waals surface area contributed by atoms with E-state index in [0.717, 1.165) is 12.1 Å². The van der Waals surface area contributed by atoms with E-state index in [9.17, 15) is 20.0 Å². The first kappa shape index (κ1) is 22.8. The number of carboxylic acid groups (broad SMARTS) is 1. The summed E-state index contributed by atoms with van der Waals surface area (Å²) >= 11 is 5.94. The summed E-state index contributed by atoms with van der Waals surface area (Å²) in [7, 11) is 0. The minimum atomic E-state index is -0.993. The van der Waals surface area contributed by atoms with Gasteiger partial charge in [0.25, 0.3) is 5.69 Å². The number of carboxylic acids is 1. The second-order valence-electron chi connectivity index (χ2n) is 8.23. The fourth-order valence-electron chi connectivity index (χ4n) is 4.46. The van der Waals surface area contributed by atoms with Crippen molar-refractivity contribution >= 4 is 45.8 Å². The van der Waals surface area contributed by atoms with E-state index in [2.05, 4.69) is 4.90 Å². The van der Waals surface area contributed by atoms with Gasteiger partial charge in [0.05, 0.1) is 27.3 Å². The Balaban J connectivity index is 1.64. The molecule has 0 spiro atoms. The van der Waals surface area contributed by atoms with Gasteiger partial charge < -0.3 is 9.52 Å². The number of likely N-dealkylation sites (N-methyl/N-ethyl adjacent to an activating group) is 1. The van der Waals surface area contributed by atoms with Gasteiger partial charge in [-0.2, -0.15) is 0 Å². The summed E-state index contributed by atoms with van der Waals surface area (Å²) in [6.45, 7) is 3.78. The number of benzene rings is 2. The molecule has 35 heavy (non-hydrogen) atoms.